The number of hydrogen-bond donors (Lipinski definition) is 2. The van der Waals surface area contributed by atoms with E-state index in [2.05, 4.69) is 15.0 Å². The SMILES string of the molecule is CS(=O)(=O)NCCCNc1ccnc2cc(Cl)ccc12. The zero-order chi connectivity index (χ0) is 14.6. The second kappa shape index (κ2) is 6.39. The zero-order valence-corrected chi connectivity index (χ0v) is 12.6. The van der Waals surface area contributed by atoms with Crippen LogP contribution in [0.3, 0.4) is 0 Å². The molecule has 1 aromatic carbocycles. The number of benzene rings is 1. The van der Waals surface area contributed by atoms with E-state index in [1.165, 1.54) is 0 Å². The minimum Gasteiger partial charge on any atom is -0.384 e. The Balaban J connectivity index is 1.97. The average Bonchev–Trinajstić information content (AvgIpc) is 2.36. The predicted octanol–water partition coefficient (Wildman–Crippen LogP) is 2.24. The van der Waals surface area contributed by atoms with Gasteiger partial charge in [0.15, 0.2) is 0 Å². The van der Waals surface area contributed by atoms with E-state index in [1.807, 2.05) is 24.3 Å². The summed E-state index contributed by atoms with van der Waals surface area (Å²) in [7, 11) is -3.11. The fourth-order valence-corrected chi connectivity index (χ4v) is 2.53. The molecule has 2 rings (SSSR count). The summed E-state index contributed by atoms with van der Waals surface area (Å²) in [4.78, 5) is 4.26. The van der Waals surface area contributed by atoms with Gasteiger partial charge in [-0.05, 0) is 30.7 Å². The molecule has 108 valence electrons. The molecule has 0 unspecified atom stereocenters. The Morgan fingerprint density at radius 1 is 1.25 bits per heavy atom. The third-order valence-corrected chi connectivity index (χ3v) is 3.70. The molecule has 0 aliphatic rings. The largest absolute Gasteiger partial charge is 0.384 e. The van der Waals surface area contributed by atoms with Crippen molar-refractivity contribution >= 4 is 38.2 Å². The highest BCUT2D eigenvalue weighted by atomic mass is 35.5. The van der Waals surface area contributed by atoms with Crippen LogP contribution in [0.5, 0.6) is 0 Å². The molecule has 0 spiro atoms. The number of halogens is 1. The lowest BCUT2D eigenvalue weighted by Gasteiger charge is -2.09. The van der Waals surface area contributed by atoms with Gasteiger partial charge < -0.3 is 5.32 Å². The van der Waals surface area contributed by atoms with Gasteiger partial charge in [0.1, 0.15) is 0 Å². The second-order valence-corrected chi connectivity index (χ2v) is 6.74. The molecule has 7 heteroatoms. The highest BCUT2D eigenvalue weighted by Gasteiger charge is 2.03. The molecule has 0 amide bonds. The molecule has 1 aromatic heterocycles. The zero-order valence-electron chi connectivity index (χ0n) is 11.1. The maximum atomic E-state index is 10.9. The molecule has 0 aliphatic carbocycles. The van der Waals surface area contributed by atoms with E-state index in [0.29, 0.717) is 24.5 Å². The molecule has 1 heterocycles. The highest BCUT2D eigenvalue weighted by Crippen LogP contribution is 2.24. The molecule has 0 saturated heterocycles. The van der Waals surface area contributed by atoms with Crippen LogP contribution in [-0.4, -0.2) is 32.7 Å². The molecule has 2 N–H and O–H groups in total. The van der Waals surface area contributed by atoms with Crippen LogP contribution in [0.1, 0.15) is 6.42 Å². The summed E-state index contributed by atoms with van der Waals surface area (Å²) in [6.45, 7) is 1.09. The van der Waals surface area contributed by atoms with Crippen LogP contribution in [-0.2, 0) is 10.0 Å². The number of rotatable bonds is 6. The Kier molecular flexibility index (Phi) is 4.80. The molecule has 0 radical (unpaired) electrons. The van der Waals surface area contributed by atoms with Crippen molar-refractivity contribution in [2.75, 3.05) is 24.7 Å². The van der Waals surface area contributed by atoms with Crippen molar-refractivity contribution in [2.24, 2.45) is 0 Å². The van der Waals surface area contributed by atoms with E-state index in [0.717, 1.165) is 22.8 Å². The number of nitrogens with zero attached hydrogens (tertiary/aromatic N) is 1. The molecular formula is C13H16ClN3O2S. The molecular weight excluding hydrogens is 298 g/mol. The molecule has 0 bridgehead atoms. The quantitative estimate of drug-likeness (QED) is 0.802. The van der Waals surface area contributed by atoms with Gasteiger partial charge in [0.25, 0.3) is 0 Å². The maximum absolute atomic E-state index is 10.9. The van der Waals surface area contributed by atoms with Gasteiger partial charge in [-0.15, -0.1) is 0 Å². The standard InChI is InChI=1S/C13H16ClN3O2S/c1-20(18,19)17-7-2-6-15-12-5-8-16-13-9-10(14)3-4-11(12)13/h3-5,8-9,17H,2,6-7H2,1H3,(H,15,16). The van der Waals surface area contributed by atoms with Crippen molar-refractivity contribution in [1.82, 2.24) is 9.71 Å². The lowest BCUT2D eigenvalue weighted by molar-refractivity contribution is 0.586. The Labute approximate surface area is 123 Å². The third-order valence-electron chi connectivity index (χ3n) is 2.74. The van der Waals surface area contributed by atoms with E-state index in [1.54, 1.807) is 6.20 Å². The van der Waals surface area contributed by atoms with E-state index >= 15 is 0 Å². The topological polar surface area (TPSA) is 71.1 Å². The van der Waals surface area contributed by atoms with E-state index in [4.69, 9.17) is 11.6 Å². The number of sulfonamides is 1. The average molecular weight is 314 g/mol. The van der Waals surface area contributed by atoms with Gasteiger partial charge in [-0.2, -0.15) is 0 Å². The van der Waals surface area contributed by atoms with Crippen molar-refractivity contribution in [2.45, 2.75) is 6.42 Å². The number of pyridine rings is 1. The Morgan fingerprint density at radius 2 is 2.05 bits per heavy atom. The third kappa shape index (κ3) is 4.33. The summed E-state index contributed by atoms with van der Waals surface area (Å²) < 4.78 is 24.3. The highest BCUT2D eigenvalue weighted by molar-refractivity contribution is 7.88. The number of anilines is 1. The minimum absolute atomic E-state index is 0.417. The molecule has 20 heavy (non-hydrogen) atoms. The predicted molar refractivity (Wildman–Crippen MR) is 82.7 cm³/mol. The molecule has 2 aromatic rings. The normalized spacial score (nSPS) is 11.7. The van der Waals surface area contributed by atoms with Crippen molar-refractivity contribution < 1.29 is 8.42 Å². The summed E-state index contributed by atoms with van der Waals surface area (Å²) in [5.74, 6) is 0. The molecule has 0 saturated carbocycles. The lowest BCUT2D eigenvalue weighted by atomic mass is 10.2. The Bertz CT molecular complexity index is 704. The van der Waals surface area contributed by atoms with Crippen LogP contribution < -0.4 is 10.0 Å². The van der Waals surface area contributed by atoms with Gasteiger partial charge in [-0.25, -0.2) is 13.1 Å². The van der Waals surface area contributed by atoms with Gasteiger partial charge in [0.05, 0.1) is 11.8 Å². The van der Waals surface area contributed by atoms with Gasteiger partial charge in [-0.1, -0.05) is 11.6 Å². The summed E-state index contributed by atoms with van der Waals surface area (Å²) in [5.41, 5.74) is 1.79. The van der Waals surface area contributed by atoms with Crippen molar-refractivity contribution in [3.05, 3.63) is 35.5 Å². The summed E-state index contributed by atoms with van der Waals surface area (Å²) in [6.07, 6.45) is 3.57. The van der Waals surface area contributed by atoms with Crippen LogP contribution in [0.2, 0.25) is 5.02 Å². The van der Waals surface area contributed by atoms with Crippen LogP contribution in [0.25, 0.3) is 10.9 Å². The van der Waals surface area contributed by atoms with Crippen molar-refractivity contribution in [1.29, 1.82) is 0 Å². The summed E-state index contributed by atoms with van der Waals surface area (Å²) >= 11 is 5.93. The number of hydrogen-bond acceptors (Lipinski definition) is 4. The Hall–Kier alpha value is -1.37. The van der Waals surface area contributed by atoms with E-state index in [-0.39, 0.29) is 0 Å². The first-order valence-electron chi connectivity index (χ1n) is 6.18. The number of fused-ring (bicyclic) bond motifs is 1. The van der Waals surface area contributed by atoms with Gasteiger partial charge in [0, 0.05) is 35.4 Å². The van der Waals surface area contributed by atoms with Gasteiger partial charge >= 0.3 is 0 Å². The van der Waals surface area contributed by atoms with E-state index in [9.17, 15) is 8.42 Å². The summed E-state index contributed by atoms with van der Waals surface area (Å²) in [5, 5.41) is 4.92. The van der Waals surface area contributed by atoms with Crippen molar-refractivity contribution in [3.8, 4) is 0 Å². The molecule has 0 aliphatic heterocycles. The first kappa shape index (κ1) is 15.0. The van der Waals surface area contributed by atoms with Crippen LogP contribution in [0.4, 0.5) is 5.69 Å². The molecule has 5 nitrogen and oxygen atoms in total. The smallest absolute Gasteiger partial charge is 0.208 e. The number of aromatic nitrogens is 1. The van der Waals surface area contributed by atoms with Gasteiger partial charge in [0.2, 0.25) is 10.0 Å². The monoisotopic (exact) mass is 313 g/mol. The Morgan fingerprint density at radius 3 is 2.80 bits per heavy atom. The second-order valence-electron chi connectivity index (χ2n) is 4.47. The van der Waals surface area contributed by atoms with Crippen molar-refractivity contribution in [3.63, 3.8) is 0 Å². The number of nitrogens with one attached hydrogen (secondary N) is 2. The summed E-state index contributed by atoms with van der Waals surface area (Å²) in [6, 6.07) is 7.44. The fourth-order valence-electron chi connectivity index (χ4n) is 1.84. The maximum Gasteiger partial charge on any atom is 0.208 e. The first-order chi connectivity index (χ1) is 9.46. The van der Waals surface area contributed by atoms with Gasteiger partial charge in [-0.3, -0.25) is 4.98 Å². The first-order valence-corrected chi connectivity index (χ1v) is 8.45. The molecule has 0 atom stereocenters. The van der Waals surface area contributed by atoms with E-state index < -0.39 is 10.0 Å². The fraction of sp³-hybridized carbons (Fsp3) is 0.308. The van der Waals surface area contributed by atoms with Crippen LogP contribution in [0, 0.1) is 0 Å². The van der Waals surface area contributed by atoms with Crippen LogP contribution >= 0.6 is 11.6 Å². The molecule has 0 fully saturated rings. The minimum atomic E-state index is -3.11. The van der Waals surface area contributed by atoms with Crippen LogP contribution in [0.15, 0.2) is 30.5 Å². The lowest BCUT2D eigenvalue weighted by Crippen LogP contribution is -2.24.